The second kappa shape index (κ2) is 3.08. The molecule has 74 valence electrons. The predicted octanol–water partition coefficient (Wildman–Crippen LogP) is 1.54. The number of nitrogens with one attached hydrogen (secondary N) is 1. The fourth-order valence-electron chi connectivity index (χ4n) is 1.06. The Kier molecular flexibility index (Phi) is 2.13. The molecule has 0 saturated heterocycles. The van der Waals surface area contributed by atoms with Gasteiger partial charge in [0.15, 0.2) is 0 Å². The first-order valence-electron chi connectivity index (χ1n) is 3.43. The van der Waals surface area contributed by atoms with Gasteiger partial charge in [0, 0.05) is 23.1 Å². The molecule has 0 aliphatic carbocycles. The molecule has 0 spiro atoms. The quantitative estimate of drug-likeness (QED) is 0.617. The average Bonchev–Trinajstić information content (AvgIpc) is 2.45. The van der Waals surface area contributed by atoms with E-state index in [1.165, 1.54) is 12.4 Å². The van der Waals surface area contributed by atoms with Gasteiger partial charge in [0.1, 0.15) is 10.5 Å². The lowest BCUT2D eigenvalue weighted by molar-refractivity contribution is 0.610. The van der Waals surface area contributed by atoms with E-state index >= 15 is 0 Å². The lowest BCUT2D eigenvalue weighted by Crippen LogP contribution is -1.89. The molecule has 2 heterocycles. The summed E-state index contributed by atoms with van der Waals surface area (Å²) in [5, 5.41) is 0.363. The van der Waals surface area contributed by atoms with Gasteiger partial charge < -0.3 is 4.98 Å². The van der Waals surface area contributed by atoms with Crippen molar-refractivity contribution >= 4 is 42.4 Å². The highest BCUT2D eigenvalue weighted by molar-refractivity contribution is 8.14. The molecule has 2 rings (SSSR count). The van der Waals surface area contributed by atoms with Crippen molar-refractivity contribution in [1.29, 1.82) is 0 Å². The van der Waals surface area contributed by atoms with E-state index < -0.39 is 9.05 Å². The van der Waals surface area contributed by atoms with E-state index in [4.69, 9.17) is 22.3 Å². The summed E-state index contributed by atoms with van der Waals surface area (Å²) in [7, 11) is 1.40. The second-order valence-corrected chi connectivity index (χ2v) is 5.36. The van der Waals surface area contributed by atoms with Crippen molar-refractivity contribution in [2.75, 3.05) is 0 Å². The summed E-state index contributed by atoms with van der Waals surface area (Å²) in [6.07, 6.45) is 2.55. The molecule has 2 aromatic heterocycles. The van der Waals surface area contributed by atoms with Crippen molar-refractivity contribution in [2.45, 2.75) is 4.90 Å². The molecule has 8 heteroatoms. The van der Waals surface area contributed by atoms with Gasteiger partial charge in [0.2, 0.25) is 5.28 Å². The fourth-order valence-corrected chi connectivity index (χ4v) is 2.19. The first-order valence-corrected chi connectivity index (χ1v) is 6.11. The molecule has 0 aliphatic rings. The van der Waals surface area contributed by atoms with E-state index in [1.807, 2.05) is 0 Å². The molecule has 5 nitrogen and oxygen atoms in total. The SMILES string of the molecule is O=S(=O)(Cl)c1c[nH]c2nc(Cl)ncc12. The summed E-state index contributed by atoms with van der Waals surface area (Å²) in [6, 6.07) is 0. The van der Waals surface area contributed by atoms with Crippen molar-refractivity contribution in [1.82, 2.24) is 15.0 Å². The number of hydrogen-bond acceptors (Lipinski definition) is 4. The smallest absolute Gasteiger partial charge is 0.263 e. The Morgan fingerprint density at radius 3 is 2.79 bits per heavy atom. The number of rotatable bonds is 1. The van der Waals surface area contributed by atoms with Crippen LogP contribution in [-0.2, 0) is 9.05 Å². The second-order valence-electron chi connectivity index (χ2n) is 2.49. The maximum Gasteiger partial charge on any atom is 0.263 e. The number of aromatic amines is 1. The first kappa shape index (κ1) is 9.70. The fraction of sp³-hybridized carbons (Fsp3) is 0. The van der Waals surface area contributed by atoms with E-state index in [0.717, 1.165) is 0 Å². The number of halogens is 2. The molecule has 0 atom stereocenters. The van der Waals surface area contributed by atoms with Crippen LogP contribution in [0, 0.1) is 0 Å². The lowest BCUT2D eigenvalue weighted by Gasteiger charge is -1.92. The van der Waals surface area contributed by atoms with Gasteiger partial charge in [0.25, 0.3) is 9.05 Å². The van der Waals surface area contributed by atoms with Gasteiger partial charge in [0.05, 0.1) is 5.39 Å². The normalized spacial score (nSPS) is 12.1. The zero-order chi connectivity index (χ0) is 10.3. The maximum absolute atomic E-state index is 11.0. The van der Waals surface area contributed by atoms with Gasteiger partial charge in [-0.2, -0.15) is 4.98 Å². The van der Waals surface area contributed by atoms with E-state index in [-0.39, 0.29) is 10.2 Å². The standard InChI is InChI=1S/C6H3Cl2N3O2S/c7-6-10-1-3-4(14(8,12)13)2-9-5(3)11-6/h1-2H,(H,9,10,11). The summed E-state index contributed by atoms with van der Waals surface area (Å²) in [4.78, 5) is 10.0. The van der Waals surface area contributed by atoms with E-state index in [0.29, 0.717) is 11.0 Å². The van der Waals surface area contributed by atoms with Gasteiger partial charge >= 0.3 is 0 Å². The Balaban J connectivity index is 2.83. The van der Waals surface area contributed by atoms with Gasteiger partial charge in [-0.15, -0.1) is 0 Å². The molecule has 0 bridgehead atoms. The van der Waals surface area contributed by atoms with Crippen LogP contribution in [0.1, 0.15) is 0 Å². The van der Waals surface area contributed by atoms with Gasteiger partial charge in [-0.1, -0.05) is 0 Å². The number of fused-ring (bicyclic) bond motifs is 1. The molecule has 1 N–H and O–H groups in total. The molecular formula is C6H3Cl2N3O2S. The van der Waals surface area contributed by atoms with Crippen LogP contribution in [0.15, 0.2) is 17.3 Å². The molecule has 0 unspecified atom stereocenters. The van der Waals surface area contributed by atoms with Crippen LogP contribution < -0.4 is 0 Å². The zero-order valence-electron chi connectivity index (χ0n) is 6.53. The van der Waals surface area contributed by atoms with Crippen LogP contribution in [0.4, 0.5) is 0 Å². The molecular weight excluding hydrogens is 249 g/mol. The van der Waals surface area contributed by atoms with Crippen molar-refractivity contribution in [3.8, 4) is 0 Å². The molecule has 0 aromatic carbocycles. The van der Waals surface area contributed by atoms with Crippen molar-refractivity contribution < 1.29 is 8.42 Å². The number of H-pyrrole nitrogens is 1. The molecule has 14 heavy (non-hydrogen) atoms. The Bertz CT molecular complexity index is 592. The highest BCUT2D eigenvalue weighted by Gasteiger charge is 2.16. The highest BCUT2D eigenvalue weighted by Crippen LogP contribution is 2.24. The van der Waals surface area contributed by atoms with Crippen LogP contribution in [-0.4, -0.2) is 23.4 Å². The van der Waals surface area contributed by atoms with Gasteiger partial charge in [-0.3, -0.25) is 0 Å². The van der Waals surface area contributed by atoms with Gasteiger partial charge in [-0.25, -0.2) is 13.4 Å². The van der Waals surface area contributed by atoms with Crippen LogP contribution in [0.2, 0.25) is 5.28 Å². The molecule has 0 radical (unpaired) electrons. The molecule has 0 fully saturated rings. The Morgan fingerprint density at radius 2 is 2.14 bits per heavy atom. The van der Waals surface area contributed by atoms with E-state index in [9.17, 15) is 8.42 Å². The summed E-state index contributed by atoms with van der Waals surface area (Å²) in [6.45, 7) is 0. The van der Waals surface area contributed by atoms with E-state index in [1.54, 1.807) is 0 Å². The van der Waals surface area contributed by atoms with Crippen molar-refractivity contribution in [3.05, 3.63) is 17.7 Å². The van der Waals surface area contributed by atoms with Crippen LogP contribution >= 0.6 is 22.3 Å². The minimum absolute atomic E-state index is 0.0397. The topological polar surface area (TPSA) is 75.7 Å². The minimum atomic E-state index is -3.78. The third kappa shape index (κ3) is 1.56. The third-order valence-electron chi connectivity index (χ3n) is 1.63. The molecule has 0 saturated carbocycles. The van der Waals surface area contributed by atoms with Crippen molar-refractivity contribution in [2.24, 2.45) is 0 Å². The number of aromatic nitrogens is 3. The third-order valence-corrected chi connectivity index (χ3v) is 3.17. The van der Waals surface area contributed by atoms with Gasteiger partial charge in [-0.05, 0) is 11.6 Å². The summed E-state index contributed by atoms with van der Waals surface area (Å²) in [5.41, 5.74) is 0.337. The molecule has 0 amide bonds. The van der Waals surface area contributed by atoms with Crippen LogP contribution in [0.25, 0.3) is 11.0 Å². The monoisotopic (exact) mass is 251 g/mol. The van der Waals surface area contributed by atoms with Crippen LogP contribution in [0.3, 0.4) is 0 Å². The number of nitrogens with zero attached hydrogens (tertiary/aromatic N) is 2. The zero-order valence-corrected chi connectivity index (χ0v) is 8.86. The minimum Gasteiger partial charge on any atom is -0.345 e. The largest absolute Gasteiger partial charge is 0.345 e. The Morgan fingerprint density at radius 1 is 1.43 bits per heavy atom. The first-order chi connectivity index (χ1) is 6.48. The molecule has 0 aliphatic heterocycles. The van der Waals surface area contributed by atoms with Crippen molar-refractivity contribution in [3.63, 3.8) is 0 Å². The highest BCUT2D eigenvalue weighted by atomic mass is 35.7. The van der Waals surface area contributed by atoms with Crippen LogP contribution in [0.5, 0.6) is 0 Å². The summed E-state index contributed by atoms with van der Waals surface area (Å²) < 4.78 is 22.1. The number of hydrogen-bond donors (Lipinski definition) is 1. The lowest BCUT2D eigenvalue weighted by atomic mass is 10.4. The Hall–Kier alpha value is -0.850. The molecule has 2 aromatic rings. The summed E-state index contributed by atoms with van der Waals surface area (Å²) in [5.74, 6) is 0. The Labute approximate surface area is 88.5 Å². The average molecular weight is 252 g/mol. The maximum atomic E-state index is 11.0. The predicted molar refractivity (Wildman–Crippen MR) is 51.9 cm³/mol. The summed E-state index contributed by atoms with van der Waals surface area (Å²) >= 11 is 5.52. The van der Waals surface area contributed by atoms with E-state index in [2.05, 4.69) is 15.0 Å².